The van der Waals surface area contributed by atoms with Crippen molar-refractivity contribution in [1.29, 1.82) is 0 Å². The molecule has 0 aromatic rings. The van der Waals surface area contributed by atoms with Gasteiger partial charge in [0.1, 0.15) is 12.1 Å². The first-order valence-electron chi connectivity index (χ1n) is 6.16. The number of hydrogen-bond donors (Lipinski definition) is 1. The van der Waals surface area contributed by atoms with E-state index >= 15 is 0 Å². The second-order valence-corrected chi connectivity index (χ2v) is 5.88. The van der Waals surface area contributed by atoms with Gasteiger partial charge in [-0.15, -0.1) is 5.92 Å². The van der Waals surface area contributed by atoms with E-state index < -0.39 is 17.2 Å². The Kier molecular flexibility index (Phi) is 5.88. The van der Waals surface area contributed by atoms with Gasteiger partial charge in [-0.3, -0.25) is 4.79 Å². The largest absolute Gasteiger partial charge is 0.444 e. The van der Waals surface area contributed by atoms with Crippen molar-refractivity contribution >= 4 is 12.0 Å². The fourth-order valence-electron chi connectivity index (χ4n) is 1.35. The smallest absolute Gasteiger partial charge is 0.410 e. The molecule has 0 radical (unpaired) electrons. The van der Waals surface area contributed by atoms with E-state index in [-0.39, 0.29) is 12.5 Å². The third-order valence-corrected chi connectivity index (χ3v) is 1.98. The van der Waals surface area contributed by atoms with Crippen LogP contribution in [0.25, 0.3) is 0 Å². The fraction of sp³-hybridized carbons (Fsp3) is 0.714. The number of nitrogens with one attached hydrogen (secondary N) is 1. The van der Waals surface area contributed by atoms with E-state index in [1.54, 1.807) is 41.5 Å². The van der Waals surface area contributed by atoms with E-state index in [0.717, 1.165) is 0 Å². The summed E-state index contributed by atoms with van der Waals surface area (Å²) in [5.74, 6) is 5.35. The summed E-state index contributed by atoms with van der Waals surface area (Å²) in [6.07, 6.45) is -0.526. The standard InChI is InChI=1S/C14H24N2O3/c1-8-9-14(5,6)15-11(17)10-16(7)12(18)19-13(2,3)4/h10H2,1-7H3,(H,15,17). The van der Waals surface area contributed by atoms with Gasteiger partial charge < -0.3 is 15.0 Å². The molecule has 0 aromatic heterocycles. The lowest BCUT2D eigenvalue weighted by Crippen LogP contribution is -2.48. The molecule has 0 fully saturated rings. The molecule has 5 nitrogen and oxygen atoms in total. The first-order chi connectivity index (χ1) is 8.47. The van der Waals surface area contributed by atoms with Gasteiger partial charge in [-0.25, -0.2) is 4.79 Å². The molecule has 0 aliphatic carbocycles. The Bertz CT molecular complexity index is 397. The zero-order valence-corrected chi connectivity index (χ0v) is 12.9. The van der Waals surface area contributed by atoms with Crippen LogP contribution in [-0.4, -0.2) is 41.6 Å². The van der Waals surface area contributed by atoms with Gasteiger partial charge in [0, 0.05) is 7.05 Å². The maximum atomic E-state index is 11.8. The van der Waals surface area contributed by atoms with Gasteiger partial charge in [0.2, 0.25) is 5.91 Å². The van der Waals surface area contributed by atoms with E-state index in [1.807, 2.05) is 0 Å². The highest BCUT2D eigenvalue weighted by molar-refractivity contribution is 5.83. The Labute approximate surface area is 115 Å². The number of amides is 2. The Balaban J connectivity index is 4.41. The van der Waals surface area contributed by atoms with Crippen molar-refractivity contribution < 1.29 is 14.3 Å². The monoisotopic (exact) mass is 268 g/mol. The molecule has 0 atom stereocenters. The summed E-state index contributed by atoms with van der Waals surface area (Å²) in [7, 11) is 1.52. The molecule has 0 aliphatic heterocycles. The number of carbonyl (C=O) groups excluding carboxylic acids is 2. The lowest BCUT2D eigenvalue weighted by atomic mass is 10.1. The molecule has 0 heterocycles. The van der Waals surface area contributed by atoms with Crippen LogP contribution in [0.1, 0.15) is 41.5 Å². The maximum absolute atomic E-state index is 11.8. The minimum atomic E-state index is -0.611. The summed E-state index contributed by atoms with van der Waals surface area (Å²) in [6.45, 7) is 10.6. The first kappa shape index (κ1) is 17.3. The first-order valence-corrected chi connectivity index (χ1v) is 6.16. The van der Waals surface area contributed by atoms with Crippen molar-refractivity contribution in [3.63, 3.8) is 0 Å². The Morgan fingerprint density at radius 3 is 2.16 bits per heavy atom. The van der Waals surface area contributed by atoms with Crippen molar-refractivity contribution in [3.8, 4) is 11.8 Å². The Hall–Kier alpha value is -1.70. The molecular formula is C14H24N2O3. The molecule has 2 amide bonds. The fourth-order valence-corrected chi connectivity index (χ4v) is 1.35. The van der Waals surface area contributed by atoms with Gasteiger partial charge in [0.15, 0.2) is 0 Å². The molecule has 0 unspecified atom stereocenters. The highest BCUT2D eigenvalue weighted by atomic mass is 16.6. The zero-order chi connectivity index (χ0) is 15.3. The van der Waals surface area contributed by atoms with Crippen LogP contribution in [0.5, 0.6) is 0 Å². The van der Waals surface area contributed by atoms with Crippen LogP contribution in [0.4, 0.5) is 4.79 Å². The SMILES string of the molecule is CC#CC(C)(C)NC(=O)CN(C)C(=O)OC(C)(C)C. The molecule has 1 N–H and O–H groups in total. The molecule has 108 valence electrons. The average molecular weight is 268 g/mol. The molecule has 0 aromatic carbocycles. The Morgan fingerprint density at radius 2 is 1.74 bits per heavy atom. The quantitative estimate of drug-likeness (QED) is 0.794. The molecule has 0 saturated carbocycles. The van der Waals surface area contributed by atoms with Gasteiger partial charge in [0.25, 0.3) is 0 Å². The van der Waals surface area contributed by atoms with Crippen LogP contribution in [-0.2, 0) is 9.53 Å². The van der Waals surface area contributed by atoms with Crippen molar-refractivity contribution in [3.05, 3.63) is 0 Å². The maximum Gasteiger partial charge on any atom is 0.410 e. The number of carbonyl (C=O) groups is 2. The molecule has 19 heavy (non-hydrogen) atoms. The molecule has 0 saturated heterocycles. The predicted octanol–water partition coefficient (Wildman–Crippen LogP) is 1.77. The van der Waals surface area contributed by atoms with E-state index in [0.29, 0.717) is 0 Å². The van der Waals surface area contributed by atoms with E-state index in [4.69, 9.17) is 4.74 Å². The van der Waals surface area contributed by atoms with Crippen LogP contribution in [0.2, 0.25) is 0 Å². The minimum Gasteiger partial charge on any atom is -0.444 e. The summed E-state index contributed by atoms with van der Waals surface area (Å²) in [5.41, 5.74) is -1.19. The van der Waals surface area contributed by atoms with E-state index in [9.17, 15) is 9.59 Å². The molecule has 0 aliphatic rings. The third-order valence-electron chi connectivity index (χ3n) is 1.98. The van der Waals surface area contributed by atoms with Gasteiger partial charge >= 0.3 is 6.09 Å². The van der Waals surface area contributed by atoms with Crippen molar-refractivity contribution in [2.75, 3.05) is 13.6 Å². The highest BCUT2D eigenvalue weighted by Crippen LogP contribution is 2.09. The number of hydrogen-bond acceptors (Lipinski definition) is 3. The lowest BCUT2D eigenvalue weighted by Gasteiger charge is -2.26. The average Bonchev–Trinajstić information content (AvgIpc) is 2.12. The normalized spacial score (nSPS) is 11.1. The van der Waals surface area contributed by atoms with Crippen LogP contribution in [0.3, 0.4) is 0 Å². The van der Waals surface area contributed by atoms with Gasteiger partial charge in [-0.05, 0) is 41.5 Å². The van der Waals surface area contributed by atoms with Crippen LogP contribution < -0.4 is 5.32 Å². The second-order valence-electron chi connectivity index (χ2n) is 5.88. The van der Waals surface area contributed by atoms with Crippen LogP contribution >= 0.6 is 0 Å². The number of rotatable bonds is 3. The topological polar surface area (TPSA) is 58.6 Å². The zero-order valence-electron chi connectivity index (χ0n) is 12.9. The molecule has 0 rings (SSSR count). The molecule has 0 bridgehead atoms. The summed E-state index contributed by atoms with van der Waals surface area (Å²) in [6, 6.07) is 0. The predicted molar refractivity (Wildman–Crippen MR) is 74.5 cm³/mol. The molecular weight excluding hydrogens is 244 g/mol. The summed E-state index contributed by atoms with van der Waals surface area (Å²) in [5, 5.41) is 2.74. The Morgan fingerprint density at radius 1 is 1.21 bits per heavy atom. The summed E-state index contributed by atoms with van der Waals surface area (Å²) >= 11 is 0. The van der Waals surface area contributed by atoms with Crippen molar-refractivity contribution in [2.45, 2.75) is 52.7 Å². The summed E-state index contributed by atoms with van der Waals surface area (Å²) in [4.78, 5) is 24.7. The number of ether oxygens (including phenoxy) is 1. The van der Waals surface area contributed by atoms with Crippen LogP contribution in [0, 0.1) is 11.8 Å². The highest BCUT2D eigenvalue weighted by Gasteiger charge is 2.23. The number of likely N-dealkylation sites (N-methyl/N-ethyl adjacent to an activating group) is 1. The van der Waals surface area contributed by atoms with Gasteiger partial charge in [0.05, 0.1) is 5.54 Å². The second kappa shape index (κ2) is 6.46. The summed E-state index contributed by atoms with van der Waals surface area (Å²) < 4.78 is 5.16. The molecule has 5 heteroatoms. The third kappa shape index (κ3) is 8.09. The number of nitrogens with zero attached hydrogens (tertiary/aromatic N) is 1. The lowest BCUT2D eigenvalue weighted by molar-refractivity contribution is -0.123. The van der Waals surface area contributed by atoms with E-state index in [1.165, 1.54) is 11.9 Å². The van der Waals surface area contributed by atoms with Gasteiger partial charge in [-0.2, -0.15) is 0 Å². The van der Waals surface area contributed by atoms with E-state index in [2.05, 4.69) is 17.2 Å². The minimum absolute atomic E-state index is 0.0657. The van der Waals surface area contributed by atoms with Crippen LogP contribution in [0.15, 0.2) is 0 Å². The molecule has 0 spiro atoms. The van der Waals surface area contributed by atoms with Crippen molar-refractivity contribution in [2.24, 2.45) is 0 Å². The van der Waals surface area contributed by atoms with Gasteiger partial charge in [-0.1, -0.05) is 5.92 Å². The van der Waals surface area contributed by atoms with Crippen molar-refractivity contribution in [1.82, 2.24) is 10.2 Å².